The summed E-state index contributed by atoms with van der Waals surface area (Å²) in [5.41, 5.74) is 0. The molecule has 1 amide bonds. The van der Waals surface area contributed by atoms with Gasteiger partial charge in [0.25, 0.3) is 0 Å². The summed E-state index contributed by atoms with van der Waals surface area (Å²) in [6.07, 6.45) is 58.8. The molecule has 0 saturated carbocycles. The van der Waals surface area contributed by atoms with Gasteiger partial charge in [0.2, 0.25) is 5.91 Å². The number of unbranched alkanes of at least 4 members (excludes halogenated alkanes) is 22. The van der Waals surface area contributed by atoms with E-state index in [1.165, 1.54) is 96.3 Å². The van der Waals surface area contributed by atoms with E-state index in [9.17, 15) is 35.1 Å². The predicted octanol–water partition coefficient (Wildman–Crippen LogP) is 14.3. The van der Waals surface area contributed by atoms with Crippen molar-refractivity contribution in [2.45, 2.75) is 288 Å². The minimum atomic E-state index is -1.63. The maximum atomic E-state index is 13.4. The molecule has 8 atom stereocenters. The lowest BCUT2D eigenvalue weighted by atomic mass is 9.99. The Morgan fingerprint density at radius 3 is 1.45 bits per heavy atom. The Kier molecular flexibility index (Phi) is 48.6. The van der Waals surface area contributed by atoms with E-state index in [0.29, 0.717) is 12.8 Å². The zero-order valence-corrected chi connectivity index (χ0v) is 48.1. The van der Waals surface area contributed by atoms with Crippen molar-refractivity contribution in [3.63, 3.8) is 0 Å². The Morgan fingerprint density at radius 1 is 0.526 bits per heavy atom. The second kappa shape index (κ2) is 52.3. The second-order valence-electron chi connectivity index (χ2n) is 20.7. The first-order valence-corrected chi connectivity index (χ1v) is 30.5. The molecule has 1 saturated heterocycles. The number of carbonyl (C=O) groups is 2. The first kappa shape index (κ1) is 70.6. The Balaban J connectivity index is 2.73. The third kappa shape index (κ3) is 39.9. The van der Waals surface area contributed by atoms with E-state index in [0.717, 1.165) is 96.3 Å². The number of allylic oxidation sites excluding steroid dienone is 15. The highest BCUT2D eigenvalue weighted by Gasteiger charge is 2.47. The number of aliphatic hydroxyl groups is 5. The van der Waals surface area contributed by atoms with Gasteiger partial charge in [0.05, 0.1) is 25.4 Å². The molecule has 0 bridgehead atoms. The lowest BCUT2D eigenvalue weighted by molar-refractivity contribution is -0.305. The molecule has 1 aliphatic heterocycles. The topological polar surface area (TPSA) is 175 Å². The summed E-state index contributed by atoms with van der Waals surface area (Å²) in [6, 6.07) is -1.06. The molecule has 11 heteroatoms. The smallest absolute Gasteiger partial charge is 0.306 e. The van der Waals surface area contributed by atoms with Gasteiger partial charge in [-0.25, -0.2) is 0 Å². The van der Waals surface area contributed by atoms with E-state index >= 15 is 0 Å². The van der Waals surface area contributed by atoms with E-state index < -0.39 is 67.4 Å². The zero-order valence-electron chi connectivity index (χ0n) is 48.1. The monoisotopic (exact) mass is 1070 g/mol. The molecule has 1 aliphatic rings. The molecule has 76 heavy (non-hydrogen) atoms. The number of ether oxygens (including phenoxy) is 3. The summed E-state index contributed by atoms with van der Waals surface area (Å²) in [7, 11) is 0. The van der Waals surface area contributed by atoms with Gasteiger partial charge < -0.3 is 45.1 Å². The molecule has 0 aromatic rings. The lowest BCUT2D eigenvalue weighted by Crippen LogP contribution is -2.61. The highest BCUT2D eigenvalue weighted by atomic mass is 16.7. The van der Waals surface area contributed by atoms with Crippen molar-refractivity contribution < 1.29 is 49.3 Å². The lowest BCUT2D eigenvalue weighted by Gasteiger charge is -2.41. The standard InChI is InChI=1S/C65H111NO10/c1-4-7-10-13-16-19-22-25-27-29-30-31-33-35-38-41-44-47-50-53-60(70)76-63-62(72)61(71)59(54-67)75-65(63)74-55-56(57(68)51-48-45-42-39-36-24-21-18-15-12-9-6-3)66-64(73)58(69)52-49-46-43-40-37-34-32-28-26-23-20-17-14-11-8-5-2/h8,11,16-17,19-20,25-28,34,37,43,46,48,51,56-59,61-63,65,67-69,71-72H,4-7,9-10,12-15,18,21-24,29-33,35-36,38-42,44-45,47,49-50,52-55H2,1-3H3,(H,66,73)/b11-8-,19-16-,20-17-,27-25-,28-26-,37-34-,46-43-,51-48+. The van der Waals surface area contributed by atoms with Crippen LogP contribution < -0.4 is 5.32 Å². The number of hydrogen-bond donors (Lipinski definition) is 6. The Labute approximate surface area is 463 Å². The van der Waals surface area contributed by atoms with Gasteiger partial charge >= 0.3 is 5.97 Å². The van der Waals surface area contributed by atoms with Crippen LogP contribution in [0.3, 0.4) is 0 Å². The number of nitrogens with one attached hydrogen (secondary N) is 1. The summed E-state index contributed by atoms with van der Waals surface area (Å²) < 4.78 is 17.6. The fourth-order valence-corrected chi connectivity index (χ4v) is 8.89. The van der Waals surface area contributed by atoms with Crippen LogP contribution in [0.5, 0.6) is 0 Å². The van der Waals surface area contributed by atoms with Crippen molar-refractivity contribution >= 4 is 11.9 Å². The van der Waals surface area contributed by atoms with Crippen LogP contribution in [0.2, 0.25) is 0 Å². The van der Waals surface area contributed by atoms with Gasteiger partial charge in [-0.15, -0.1) is 0 Å². The van der Waals surface area contributed by atoms with Gasteiger partial charge in [-0.1, -0.05) is 234 Å². The van der Waals surface area contributed by atoms with Crippen molar-refractivity contribution in [3.8, 4) is 0 Å². The molecule has 0 aromatic carbocycles. The number of amides is 1. The third-order valence-electron chi connectivity index (χ3n) is 13.7. The van der Waals surface area contributed by atoms with Crippen LogP contribution in [0.4, 0.5) is 0 Å². The predicted molar refractivity (Wildman–Crippen MR) is 315 cm³/mol. The molecule has 11 nitrogen and oxygen atoms in total. The van der Waals surface area contributed by atoms with Gasteiger partial charge in [-0.05, 0) is 96.3 Å². The zero-order chi connectivity index (χ0) is 55.4. The maximum absolute atomic E-state index is 13.4. The van der Waals surface area contributed by atoms with Crippen molar-refractivity contribution in [1.82, 2.24) is 5.32 Å². The van der Waals surface area contributed by atoms with Gasteiger partial charge in [-0.2, -0.15) is 0 Å². The van der Waals surface area contributed by atoms with E-state index in [-0.39, 0.29) is 19.4 Å². The first-order valence-electron chi connectivity index (χ1n) is 30.5. The van der Waals surface area contributed by atoms with Gasteiger partial charge in [-0.3, -0.25) is 9.59 Å². The fourth-order valence-electron chi connectivity index (χ4n) is 8.89. The van der Waals surface area contributed by atoms with E-state index in [1.807, 2.05) is 18.2 Å². The fraction of sp³-hybridized carbons (Fsp3) is 0.723. The van der Waals surface area contributed by atoms with Crippen LogP contribution in [0, 0.1) is 0 Å². The molecule has 1 heterocycles. The largest absolute Gasteiger partial charge is 0.454 e. The van der Waals surface area contributed by atoms with Crippen LogP contribution in [0.1, 0.15) is 239 Å². The minimum absolute atomic E-state index is 0.108. The molecule has 436 valence electrons. The van der Waals surface area contributed by atoms with Gasteiger partial charge in [0.1, 0.15) is 24.4 Å². The molecule has 0 radical (unpaired) electrons. The van der Waals surface area contributed by atoms with Crippen LogP contribution >= 0.6 is 0 Å². The van der Waals surface area contributed by atoms with Gasteiger partial charge in [0, 0.05) is 6.42 Å². The van der Waals surface area contributed by atoms with Crippen molar-refractivity contribution in [2.24, 2.45) is 0 Å². The van der Waals surface area contributed by atoms with Crippen LogP contribution in [0.15, 0.2) is 97.2 Å². The molecule has 0 aromatic heterocycles. The Bertz CT molecular complexity index is 1600. The molecule has 1 fully saturated rings. The Hall–Kier alpha value is -3.42. The average Bonchev–Trinajstić information content (AvgIpc) is 3.42. The van der Waals surface area contributed by atoms with Crippen molar-refractivity contribution in [1.29, 1.82) is 0 Å². The summed E-state index contributed by atoms with van der Waals surface area (Å²) in [5.74, 6) is -1.27. The van der Waals surface area contributed by atoms with E-state index in [2.05, 4.69) is 99.0 Å². The highest BCUT2D eigenvalue weighted by molar-refractivity contribution is 5.80. The van der Waals surface area contributed by atoms with Gasteiger partial charge in [0.15, 0.2) is 12.4 Å². The molecule has 0 aliphatic carbocycles. The number of rotatable bonds is 50. The molecular formula is C65H111NO10. The normalized spacial score (nSPS) is 19.8. The third-order valence-corrected chi connectivity index (χ3v) is 13.7. The highest BCUT2D eigenvalue weighted by Crippen LogP contribution is 2.26. The van der Waals surface area contributed by atoms with Crippen molar-refractivity contribution in [2.75, 3.05) is 13.2 Å². The molecule has 0 spiro atoms. The summed E-state index contributed by atoms with van der Waals surface area (Å²) in [6.45, 7) is 5.60. The molecule has 8 unspecified atom stereocenters. The number of hydrogen-bond acceptors (Lipinski definition) is 10. The molecule has 1 rings (SSSR count). The average molecular weight is 1070 g/mol. The van der Waals surface area contributed by atoms with E-state index in [4.69, 9.17) is 14.2 Å². The first-order chi connectivity index (χ1) is 37.2. The maximum Gasteiger partial charge on any atom is 0.306 e. The summed E-state index contributed by atoms with van der Waals surface area (Å²) in [5, 5.41) is 56.8. The second-order valence-corrected chi connectivity index (χ2v) is 20.7. The molecule has 6 N–H and O–H groups in total. The van der Waals surface area contributed by atoms with Crippen molar-refractivity contribution in [3.05, 3.63) is 97.2 Å². The molecular weight excluding hydrogens is 955 g/mol. The number of esters is 1. The SMILES string of the molecule is CC/C=C\C/C=C\C/C=C\C/C=C\C/C=C\CCC(O)C(=O)NC(COC1OC(CO)C(O)C(O)C1OC(=O)CCCCCCCCCCC/C=C\C/C=C\CCCCC)C(O)/C=C/CCCCCCCCCCCC. The van der Waals surface area contributed by atoms with E-state index in [1.54, 1.807) is 6.08 Å². The number of aliphatic hydroxyl groups excluding tert-OH is 5. The summed E-state index contributed by atoms with van der Waals surface area (Å²) >= 11 is 0. The minimum Gasteiger partial charge on any atom is -0.454 e. The quantitative estimate of drug-likeness (QED) is 0.0195. The van der Waals surface area contributed by atoms with Crippen LogP contribution in [-0.4, -0.2) is 99.6 Å². The Morgan fingerprint density at radius 2 is 0.947 bits per heavy atom. The summed E-state index contributed by atoms with van der Waals surface area (Å²) in [4.78, 5) is 26.5. The van der Waals surface area contributed by atoms with Crippen LogP contribution in [-0.2, 0) is 23.8 Å². The number of carbonyl (C=O) groups excluding carboxylic acids is 2. The van der Waals surface area contributed by atoms with Crippen LogP contribution in [0.25, 0.3) is 0 Å².